The van der Waals surface area contributed by atoms with Gasteiger partial charge in [0.15, 0.2) is 5.79 Å². The van der Waals surface area contributed by atoms with Crippen LogP contribution in [0.25, 0.3) is 0 Å². The molecule has 1 saturated heterocycles. The third-order valence-electron chi connectivity index (χ3n) is 4.25. The third-order valence-corrected chi connectivity index (χ3v) is 4.25. The second kappa shape index (κ2) is 10.6. The highest BCUT2D eigenvalue weighted by molar-refractivity contribution is 4.73. The van der Waals surface area contributed by atoms with Crippen LogP contribution in [0.4, 0.5) is 0 Å². The number of aliphatic hydroxyl groups is 1. The van der Waals surface area contributed by atoms with Crippen LogP contribution in [0.1, 0.15) is 79.1 Å². The summed E-state index contributed by atoms with van der Waals surface area (Å²) >= 11 is 0. The Kier molecular flexibility index (Phi) is 9.57. The molecule has 1 aliphatic rings. The molecule has 3 atom stereocenters. The van der Waals surface area contributed by atoms with E-state index in [1.54, 1.807) is 0 Å². The van der Waals surface area contributed by atoms with Gasteiger partial charge in [-0.25, -0.2) is 0 Å². The molecule has 0 amide bonds. The molecule has 0 aromatic rings. The Hall–Kier alpha value is -0.160. The van der Waals surface area contributed by atoms with E-state index < -0.39 is 5.79 Å². The summed E-state index contributed by atoms with van der Waals surface area (Å²) in [6.07, 6.45) is 8.66. The second-order valence-corrected chi connectivity index (χ2v) is 6.85. The van der Waals surface area contributed by atoms with Crippen molar-refractivity contribution < 1.29 is 19.3 Å². The van der Waals surface area contributed by atoms with Crippen LogP contribution in [-0.4, -0.2) is 42.4 Å². The Morgan fingerprint density at radius 1 is 1.14 bits per heavy atom. The first kappa shape index (κ1) is 19.9. The number of ether oxygens (including phenoxy) is 3. The molecule has 22 heavy (non-hydrogen) atoms. The Morgan fingerprint density at radius 3 is 2.41 bits per heavy atom. The van der Waals surface area contributed by atoms with E-state index in [9.17, 15) is 5.11 Å². The van der Waals surface area contributed by atoms with Crippen molar-refractivity contribution in [3.05, 3.63) is 0 Å². The molecule has 4 nitrogen and oxygen atoms in total. The maximum absolute atomic E-state index is 10.3. The van der Waals surface area contributed by atoms with Crippen molar-refractivity contribution in [3.63, 3.8) is 0 Å². The minimum absolute atomic E-state index is 0.0229. The SMILES string of the molecule is CCCCCCCCC(O)C(CC)OCC1COC(C)(C)O1. The van der Waals surface area contributed by atoms with Crippen molar-refractivity contribution >= 4 is 0 Å². The van der Waals surface area contributed by atoms with Crippen LogP contribution >= 0.6 is 0 Å². The second-order valence-electron chi connectivity index (χ2n) is 6.85. The van der Waals surface area contributed by atoms with Crippen molar-refractivity contribution in [1.29, 1.82) is 0 Å². The van der Waals surface area contributed by atoms with Gasteiger partial charge in [0, 0.05) is 0 Å². The zero-order valence-corrected chi connectivity index (χ0v) is 15.0. The summed E-state index contributed by atoms with van der Waals surface area (Å²) < 4.78 is 17.1. The first-order chi connectivity index (χ1) is 10.5. The summed E-state index contributed by atoms with van der Waals surface area (Å²) in [4.78, 5) is 0. The maximum Gasteiger partial charge on any atom is 0.163 e. The van der Waals surface area contributed by atoms with Crippen LogP contribution in [0.3, 0.4) is 0 Å². The maximum atomic E-state index is 10.3. The van der Waals surface area contributed by atoms with Gasteiger partial charge in [0.1, 0.15) is 6.10 Å². The Labute approximate surface area is 136 Å². The molecular formula is C18H36O4. The lowest BCUT2D eigenvalue weighted by molar-refractivity contribution is -0.151. The summed E-state index contributed by atoms with van der Waals surface area (Å²) in [5.41, 5.74) is 0. The fourth-order valence-electron chi connectivity index (χ4n) is 2.90. The fourth-order valence-corrected chi connectivity index (χ4v) is 2.90. The van der Waals surface area contributed by atoms with Crippen LogP contribution in [0.15, 0.2) is 0 Å². The van der Waals surface area contributed by atoms with E-state index in [0.717, 1.165) is 19.3 Å². The van der Waals surface area contributed by atoms with E-state index in [1.807, 2.05) is 13.8 Å². The van der Waals surface area contributed by atoms with E-state index >= 15 is 0 Å². The number of unbranched alkanes of at least 4 members (excludes halogenated alkanes) is 5. The molecule has 1 rings (SSSR count). The predicted octanol–water partition coefficient (Wildman–Crippen LogP) is 4.04. The van der Waals surface area contributed by atoms with Gasteiger partial charge in [-0.05, 0) is 26.7 Å². The highest BCUT2D eigenvalue weighted by Crippen LogP contribution is 2.23. The zero-order valence-electron chi connectivity index (χ0n) is 15.0. The quantitative estimate of drug-likeness (QED) is 0.552. The van der Waals surface area contributed by atoms with Crippen molar-refractivity contribution in [2.24, 2.45) is 0 Å². The molecule has 1 fully saturated rings. The molecule has 0 bridgehead atoms. The molecular weight excluding hydrogens is 280 g/mol. The molecule has 0 saturated carbocycles. The molecule has 0 spiro atoms. The fraction of sp³-hybridized carbons (Fsp3) is 1.00. The first-order valence-electron chi connectivity index (χ1n) is 9.10. The topological polar surface area (TPSA) is 47.9 Å². The van der Waals surface area contributed by atoms with E-state index in [2.05, 4.69) is 13.8 Å². The first-order valence-corrected chi connectivity index (χ1v) is 9.10. The van der Waals surface area contributed by atoms with Gasteiger partial charge in [0.2, 0.25) is 0 Å². The standard InChI is InChI=1S/C18H36O4/c1-5-7-8-9-10-11-12-16(19)17(6-2)20-13-15-14-21-18(3,4)22-15/h15-17,19H,5-14H2,1-4H3. The molecule has 1 N–H and O–H groups in total. The molecule has 3 unspecified atom stereocenters. The van der Waals surface area contributed by atoms with Gasteiger partial charge in [-0.3, -0.25) is 0 Å². The number of rotatable bonds is 12. The summed E-state index contributed by atoms with van der Waals surface area (Å²) in [6, 6.07) is 0. The lowest BCUT2D eigenvalue weighted by atomic mass is 10.0. The largest absolute Gasteiger partial charge is 0.390 e. The van der Waals surface area contributed by atoms with Gasteiger partial charge in [0.25, 0.3) is 0 Å². The Bertz CT molecular complexity index is 280. The summed E-state index contributed by atoms with van der Waals surface area (Å²) in [5.74, 6) is -0.507. The minimum atomic E-state index is -0.507. The lowest BCUT2D eigenvalue weighted by Gasteiger charge is -2.24. The molecule has 132 valence electrons. The Morgan fingerprint density at radius 2 is 1.82 bits per heavy atom. The summed E-state index contributed by atoms with van der Waals surface area (Å²) in [5, 5.41) is 10.3. The Balaban J connectivity index is 2.14. The van der Waals surface area contributed by atoms with Crippen LogP contribution in [0.2, 0.25) is 0 Å². The van der Waals surface area contributed by atoms with Crippen LogP contribution in [0, 0.1) is 0 Å². The van der Waals surface area contributed by atoms with Crippen molar-refractivity contribution in [1.82, 2.24) is 0 Å². The molecule has 0 aromatic heterocycles. The van der Waals surface area contributed by atoms with Crippen molar-refractivity contribution in [2.45, 2.75) is 103 Å². The minimum Gasteiger partial charge on any atom is -0.390 e. The van der Waals surface area contributed by atoms with E-state index in [1.165, 1.54) is 32.1 Å². The van der Waals surface area contributed by atoms with Crippen LogP contribution in [-0.2, 0) is 14.2 Å². The normalized spacial score (nSPS) is 23.6. The van der Waals surface area contributed by atoms with E-state index in [-0.39, 0.29) is 18.3 Å². The number of aliphatic hydroxyl groups excluding tert-OH is 1. The average molecular weight is 316 g/mol. The van der Waals surface area contributed by atoms with Gasteiger partial charge < -0.3 is 19.3 Å². The van der Waals surface area contributed by atoms with Gasteiger partial charge in [-0.15, -0.1) is 0 Å². The van der Waals surface area contributed by atoms with Gasteiger partial charge in [0.05, 0.1) is 25.4 Å². The van der Waals surface area contributed by atoms with E-state index in [4.69, 9.17) is 14.2 Å². The van der Waals surface area contributed by atoms with Crippen LogP contribution in [0.5, 0.6) is 0 Å². The summed E-state index contributed by atoms with van der Waals surface area (Å²) in [6.45, 7) is 9.18. The number of hydrogen-bond donors (Lipinski definition) is 1. The highest BCUT2D eigenvalue weighted by Gasteiger charge is 2.33. The predicted molar refractivity (Wildman–Crippen MR) is 88.9 cm³/mol. The molecule has 1 aliphatic heterocycles. The van der Waals surface area contributed by atoms with Gasteiger partial charge in [-0.2, -0.15) is 0 Å². The molecule has 0 aliphatic carbocycles. The summed E-state index contributed by atoms with van der Waals surface area (Å²) in [7, 11) is 0. The van der Waals surface area contributed by atoms with E-state index in [0.29, 0.717) is 13.2 Å². The molecule has 0 radical (unpaired) electrons. The molecule has 1 heterocycles. The zero-order chi connectivity index (χ0) is 16.4. The monoisotopic (exact) mass is 316 g/mol. The smallest absolute Gasteiger partial charge is 0.163 e. The third kappa shape index (κ3) is 7.91. The van der Waals surface area contributed by atoms with Crippen molar-refractivity contribution in [3.8, 4) is 0 Å². The van der Waals surface area contributed by atoms with Gasteiger partial charge >= 0.3 is 0 Å². The average Bonchev–Trinajstić information content (AvgIpc) is 2.82. The van der Waals surface area contributed by atoms with Crippen LogP contribution < -0.4 is 0 Å². The lowest BCUT2D eigenvalue weighted by Crippen LogP contribution is -2.32. The number of hydrogen-bond acceptors (Lipinski definition) is 4. The molecule has 4 heteroatoms. The highest BCUT2D eigenvalue weighted by atomic mass is 16.7. The molecule has 0 aromatic carbocycles. The van der Waals surface area contributed by atoms with Crippen molar-refractivity contribution in [2.75, 3.05) is 13.2 Å². The van der Waals surface area contributed by atoms with Gasteiger partial charge in [-0.1, -0.05) is 52.4 Å².